The average Bonchev–Trinajstić information content (AvgIpc) is 2.61. The van der Waals surface area contributed by atoms with E-state index in [9.17, 15) is 79.4 Å². The second-order valence-corrected chi connectivity index (χ2v) is 8.04. The van der Waals surface area contributed by atoms with Crippen molar-refractivity contribution in [3.63, 3.8) is 0 Å². The fourth-order valence-electron chi connectivity index (χ4n) is 2.08. The highest BCUT2D eigenvalue weighted by Gasteiger charge is 2.95. The predicted molar refractivity (Wildman–Crippen MR) is 82.0 cm³/mol. The Morgan fingerprint density at radius 2 is 0.889 bits per heavy atom. The number of rotatable bonds is 11. The van der Waals surface area contributed by atoms with Crippen LogP contribution in [0.15, 0.2) is 0 Å². The highest BCUT2D eigenvalue weighted by atomic mass is 19.4. The lowest BCUT2D eigenvalue weighted by Gasteiger charge is -2.42. The average molecular weight is 578 g/mol. The van der Waals surface area contributed by atoms with Crippen LogP contribution >= 0.6 is 0 Å². The minimum absolute atomic E-state index is 1.19. The summed E-state index contributed by atoms with van der Waals surface area (Å²) in [7, 11) is 0. The van der Waals surface area contributed by atoms with E-state index < -0.39 is 78.8 Å². The third-order valence-corrected chi connectivity index (χ3v) is 3.99. The molecule has 0 unspecified atom stereocenters. The van der Waals surface area contributed by atoms with Gasteiger partial charge in [0, 0.05) is 6.42 Å². The summed E-state index contributed by atoms with van der Waals surface area (Å²) in [5, 5.41) is 0. The minimum atomic E-state index is -8.67. The van der Waals surface area contributed by atoms with Gasteiger partial charge in [-0.3, -0.25) is 0 Å². The van der Waals surface area contributed by atoms with Crippen molar-refractivity contribution in [2.24, 2.45) is 0 Å². The second-order valence-electron chi connectivity index (χ2n) is 8.04. The summed E-state index contributed by atoms with van der Waals surface area (Å²) in [6.45, 7) is 0.660. The molecule has 0 radical (unpaired) electrons. The van der Waals surface area contributed by atoms with Crippen molar-refractivity contribution < 1.29 is 88.9 Å². The van der Waals surface area contributed by atoms with Gasteiger partial charge in [0.2, 0.25) is 0 Å². The molecule has 216 valence electrons. The zero-order valence-electron chi connectivity index (χ0n) is 17.8. The van der Waals surface area contributed by atoms with E-state index in [1.165, 1.54) is 20.8 Å². The lowest BCUT2D eigenvalue weighted by Crippen LogP contribution is -2.74. The van der Waals surface area contributed by atoms with E-state index in [4.69, 9.17) is 0 Å². The maximum absolute atomic E-state index is 13.6. The van der Waals surface area contributed by atoms with Gasteiger partial charge in [-0.05, 0) is 20.8 Å². The molecule has 0 aromatic heterocycles. The summed E-state index contributed by atoms with van der Waals surface area (Å²) >= 11 is 0. The molecule has 0 aromatic carbocycles. The van der Waals surface area contributed by atoms with Crippen molar-refractivity contribution >= 4 is 5.97 Å². The van der Waals surface area contributed by atoms with Gasteiger partial charge in [0.05, 0.1) is 6.61 Å². The lowest BCUT2D eigenvalue weighted by atomic mass is 9.88. The van der Waals surface area contributed by atoms with E-state index in [2.05, 4.69) is 9.47 Å². The van der Waals surface area contributed by atoms with Gasteiger partial charge in [-0.2, -0.15) is 74.6 Å². The lowest BCUT2D eigenvalue weighted by molar-refractivity contribution is -0.462. The van der Waals surface area contributed by atoms with Crippen LogP contribution in [-0.2, 0) is 14.3 Å². The number of hydrogen-bond acceptors (Lipinski definition) is 3. The molecule has 0 saturated carbocycles. The summed E-state index contributed by atoms with van der Waals surface area (Å²) in [6.07, 6.45) is -10.6. The van der Waals surface area contributed by atoms with E-state index >= 15 is 0 Å². The van der Waals surface area contributed by atoms with Crippen LogP contribution in [-0.4, -0.2) is 72.4 Å². The van der Waals surface area contributed by atoms with Crippen LogP contribution in [0.1, 0.15) is 27.2 Å². The number of hydrogen-bond donors (Lipinski definition) is 0. The maximum atomic E-state index is 13.6. The number of ether oxygens (including phenoxy) is 2. The molecule has 0 heterocycles. The monoisotopic (exact) mass is 578 g/mol. The Hall–Kier alpha value is -1.76. The first-order valence-corrected chi connectivity index (χ1v) is 8.86. The van der Waals surface area contributed by atoms with Crippen molar-refractivity contribution in [1.29, 1.82) is 0 Å². The van der Waals surface area contributed by atoms with Gasteiger partial charge >= 0.3 is 53.6 Å². The molecule has 0 atom stereocenters. The minimum Gasteiger partial charge on any atom is -0.458 e. The molecule has 0 N–H and O–H groups in total. The third kappa shape index (κ3) is 5.71. The van der Waals surface area contributed by atoms with E-state index in [0.29, 0.717) is 0 Å². The van der Waals surface area contributed by atoms with Gasteiger partial charge in [-0.15, -0.1) is 0 Å². The smallest absolute Gasteiger partial charge is 0.458 e. The summed E-state index contributed by atoms with van der Waals surface area (Å²) < 4.78 is 231. The maximum Gasteiger partial charge on any atom is 0.460 e. The molecule has 0 aliphatic heterocycles. The van der Waals surface area contributed by atoms with Gasteiger partial charge in [-0.1, -0.05) is 0 Å². The molecular formula is C16H15F17O3. The fourth-order valence-corrected chi connectivity index (χ4v) is 2.08. The molecule has 0 rings (SSSR count). The normalized spacial score (nSPS) is 15.8. The zero-order chi connectivity index (χ0) is 29.6. The van der Waals surface area contributed by atoms with E-state index in [0.717, 1.165) is 0 Å². The van der Waals surface area contributed by atoms with Gasteiger partial charge in [0.15, 0.2) is 0 Å². The topological polar surface area (TPSA) is 35.5 Å². The van der Waals surface area contributed by atoms with Gasteiger partial charge < -0.3 is 9.47 Å². The molecule has 0 amide bonds. The number of esters is 1. The van der Waals surface area contributed by atoms with Crippen LogP contribution in [0.4, 0.5) is 74.6 Å². The Morgan fingerprint density at radius 1 is 0.556 bits per heavy atom. The Kier molecular flexibility index (Phi) is 9.06. The standard InChI is InChI=1S/C16H15F17O3/c1-8(2,3)36-7(34)6-35-5-4-9(17,18)10(19,20)11(21,22)12(23,24)13(25,26)14(27,28)15(29,30)16(31,32)33/h4-6H2,1-3H3. The van der Waals surface area contributed by atoms with Crippen molar-refractivity contribution in [1.82, 2.24) is 0 Å². The van der Waals surface area contributed by atoms with Crippen LogP contribution in [0.3, 0.4) is 0 Å². The van der Waals surface area contributed by atoms with Crippen LogP contribution in [0.5, 0.6) is 0 Å². The Bertz CT molecular complexity index is 780. The van der Waals surface area contributed by atoms with Gasteiger partial charge in [-0.25, -0.2) is 4.79 Å². The molecule has 0 spiro atoms. The number of carbonyl (C=O) groups is 1. The van der Waals surface area contributed by atoms with Crippen LogP contribution in [0.2, 0.25) is 0 Å². The summed E-state index contributed by atoms with van der Waals surface area (Å²) in [6, 6.07) is 0. The molecule has 0 aliphatic carbocycles. The van der Waals surface area contributed by atoms with Gasteiger partial charge in [0.25, 0.3) is 0 Å². The van der Waals surface area contributed by atoms with E-state index in [1.54, 1.807) is 0 Å². The molecule has 36 heavy (non-hydrogen) atoms. The van der Waals surface area contributed by atoms with Crippen LogP contribution in [0.25, 0.3) is 0 Å². The Labute approximate surface area is 189 Å². The molecule has 0 bridgehead atoms. The first kappa shape index (κ1) is 34.2. The van der Waals surface area contributed by atoms with Crippen molar-refractivity contribution in [3.8, 4) is 0 Å². The van der Waals surface area contributed by atoms with Crippen LogP contribution < -0.4 is 0 Å². The SMILES string of the molecule is CC(C)(C)OC(=O)COCCC(F)(F)C(F)(F)C(F)(F)C(F)(F)C(F)(F)C(F)(F)C(F)(F)C(F)(F)F. The van der Waals surface area contributed by atoms with Crippen molar-refractivity contribution in [2.45, 2.75) is 80.4 Å². The summed E-state index contributed by atoms with van der Waals surface area (Å²) in [5.74, 6) is -58.1. The number of halogens is 17. The first-order valence-electron chi connectivity index (χ1n) is 8.86. The number of alkyl halides is 17. The Balaban J connectivity index is 6.02. The quantitative estimate of drug-likeness (QED) is 0.155. The third-order valence-electron chi connectivity index (χ3n) is 3.99. The highest BCUT2D eigenvalue weighted by molar-refractivity contribution is 5.71. The van der Waals surface area contributed by atoms with Crippen molar-refractivity contribution in [2.75, 3.05) is 13.2 Å². The van der Waals surface area contributed by atoms with E-state index in [1.807, 2.05) is 0 Å². The molecule has 0 aliphatic rings. The fraction of sp³-hybridized carbons (Fsp3) is 0.938. The van der Waals surface area contributed by atoms with E-state index in [-0.39, 0.29) is 0 Å². The highest BCUT2D eigenvalue weighted by Crippen LogP contribution is 2.64. The molecule has 20 heteroatoms. The van der Waals surface area contributed by atoms with Crippen molar-refractivity contribution in [3.05, 3.63) is 0 Å². The zero-order valence-corrected chi connectivity index (χ0v) is 17.8. The largest absolute Gasteiger partial charge is 0.460 e. The van der Waals surface area contributed by atoms with Gasteiger partial charge in [0.1, 0.15) is 12.2 Å². The summed E-state index contributed by atoms with van der Waals surface area (Å²) in [4.78, 5) is 11.2. The molecule has 3 nitrogen and oxygen atoms in total. The molecule has 0 aromatic rings. The second kappa shape index (κ2) is 9.52. The van der Waals surface area contributed by atoms with Crippen LogP contribution in [0, 0.1) is 0 Å². The predicted octanol–water partition coefficient (Wildman–Crippen LogP) is 6.74. The molecular weight excluding hydrogens is 563 g/mol. The summed E-state index contributed by atoms with van der Waals surface area (Å²) in [5.41, 5.74) is -1.19. The molecule has 0 saturated heterocycles. The Morgan fingerprint density at radius 3 is 1.22 bits per heavy atom. The first-order chi connectivity index (χ1) is 15.4. The number of carbonyl (C=O) groups excluding carboxylic acids is 1. The molecule has 0 fully saturated rings.